The van der Waals surface area contributed by atoms with Gasteiger partial charge < -0.3 is 15.2 Å². The molecule has 4 nitrogen and oxygen atoms in total. The van der Waals surface area contributed by atoms with Crippen molar-refractivity contribution >= 4 is 5.91 Å². The first-order valence-electron chi connectivity index (χ1n) is 7.35. The van der Waals surface area contributed by atoms with Crippen LogP contribution in [0.1, 0.15) is 27.9 Å². The van der Waals surface area contributed by atoms with Crippen molar-refractivity contribution in [3.8, 4) is 5.75 Å². The van der Waals surface area contributed by atoms with Crippen LogP contribution in [0.15, 0.2) is 48.5 Å². The molecule has 3 rings (SSSR count). The summed E-state index contributed by atoms with van der Waals surface area (Å²) in [4.78, 5) is 12.2. The molecule has 0 spiro atoms. The van der Waals surface area contributed by atoms with Crippen molar-refractivity contribution in [2.75, 3.05) is 13.7 Å². The van der Waals surface area contributed by atoms with Gasteiger partial charge in [0.25, 0.3) is 5.91 Å². The van der Waals surface area contributed by atoms with Crippen LogP contribution in [0.2, 0.25) is 0 Å². The molecule has 0 saturated carbocycles. The zero-order chi connectivity index (χ0) is 15.6. The smallest absolute Gasteiger partial charge is 0.251 e. The summed E-state index contributed by atoms with van der Waals surface area (Å²) < 4.78 is 5.12. The number of benzene rings is 2. The number of carbonyl (C=O) groups excluding carboxylic acids is 1. The lowest BCUT2D eigenvalue weighted by Gasteiger charge is -2.24. The molecule has 2 aromatic carbocycles. The Kier molecular flexibility index (Phi) is 3.86. The third kappa shape index (κ3) is 2.70. The standard InChI is InChI=1S/C18H19NO3/c1-22-15-7-4-6-14(11-15)17(20)19-12-18(21)10-9-13-5-2-3-8-16(13)18/h2-8,11,21H,9-10,12H2,1H3,(H,19,20). The van der Waals surface area contributed by atoms with Crippen molar-refractivity contribution in [1.82, 2.24) is 5.32 Å². The molecule has 1 aliphatic rings. The van der Waals surface area contributed by atoms with Crippen LogP contribution in [0.3, 0.4) is 0 Å². The number of fused-ring (bicyclic) bond motifs is 1. The van der Waals surface area contributed by atoms with Crippen molar-refractivity contribution in [1.29, 1.82) is 0 Å². The Bertz CT molecular complexity index is 698. The van der Waals surface area contributed by atoms with Gasteiger partial charge in [-0.1, -0.05) is 30.3 Å². The summed E-state index contributed by atoms with van der Waals surface area (Å²) in [6.45, 7) is 0.208. The number of amides is 1. The highest BCUT2D eigenvalue weighted by Crippen LogP contribution is 2.36. The van der Waals surface area contributed by atoms with Gasteiger partial charge in [-0.25, -0.2) is 0 Å². The molecule has 0 heterocycles. The van der Waals surface area contributed by atoms with Gasteiger partial charge in [0.1, 0.15) is 11.4 Å². The van der Waals surface area contributed by atoms with Crippen LogP contribution in [0.25, 0.3) is 0 Å². The summed E-state index contributed by atoms with van der Waals surface area (Å²) >= 11 is 0. The summed E-state index contributed by atoms with van der Waals surface area (Å²) in [6, 6.07) is 14.8. The Hall–Kier alpha value is -2.33. The fourth-order valence-electron chi connectivity index (χ4n) is 2.94. The van der Waals surface area contributed by atoms with Gasteiger partial charge in [0.2, 0.25) is 0 Å². The van der Waals surface area contributed by atoms with Crippen molar-refractivity contribution in [2.24, 2.45) is 0 Å². The Morgan fingerprint density at radius 1 is 1.27 bits per heavy atom. The SMILES string of the molecule is COc1cccc(C(=O)NCC2(O)CCc3ccccc32)c1. The highest BCUT2D eigenvalue weighted by molar-refractivity contribution is 5.94. The molecule has 1 aliphatic carbocycles. The van der Waals surface area contributed by atoms with E-state index in [1.165, 1.54) is 0 Å². The molecule has 1 unspecified atom stereocenters. The van der Waals surface area contributed by atoms with Gasteiger partial charge in [0.05, 0.1) is 13.7 Å². The van der Waals surface area contributed by atoms with Gasteiger partial charge in [-0.2, -0.15) is 0 Å². The Balaban J connectivity index is 1.71. The number of ether oxygens (including phenoxy) is 1. The zero-order valence-corrected chi connectivity index (χ0v) is 12.5. The number of nitrogens with one attached hydrogen (secondary N) is 1. The van der Waals surface area contributed by atoms with Crippen LogP contribution in [0, 0.1) is 0 Å². The van der Waals surface area contributed by atoms with Crippen molar-refractivity contribution in [3.05, 3.63) is 65.2 Å². The first-order valence-corrected chi connectivity index (χ1v) is 7.35. The van der Waals surface area contributed by atoms with Gasteiger partial charge in [0.15, 0.2) is 0 Å². The number of carbonyl (C=O) groups is 1. The van der Waals surface area contributed by atoms with Gasteiger partial charge in [-0.15, -0.1) is 0 Å². The fraction of sp³-hybridized carbons (Fsp3) is 0.278. The van der Waals surface area contributed by atoms with Crippen LogP contribution in [0.4, 0.5) is 0 Å². The van der Waals surface area contributed by atoms with E-state index in [-0.39, 0.29) is 12.5 Å². The fourth-order valence-corrected chi connectivity index (χ4v) is 2.94. The summed E-state index contributed by atoms with van der Waals surface area (Å²) in [5, 5.41) is 13.6. The molecule has 1 amide bonds. The van der Waals surface area contributed by atoms with Crippen LogP contribution >= 0.6 is 0 Å². The third-order valence-corrected chi connectivity index (χ3v) is 4.20. The lowest BCUT2D eigenvalue weighted by molar-refractivity contribution is 0.0369. The van der Waals surface area contributed by atoms with Crippen LogP contribution in [-0.2, 0) is 12.0 Å². The highest BCUT2D eigenvalue weighted by atomic mass is 16.5. The van der Waals surface area contributed by atoms with Gasteiger partial charge in [-0.05, 0) is 42.2 Å². The molecule has 0 saturated heterocycles. The number of rotatable bonds is 4. The second-order valence-corrected chi connectivity index (χ2v) is 5.60. The van der Waals surface area contributed by atoms with E-state index in [0.29, 0.717) is 17.7 Å². The van der Waals surface area contributed by atoms with Crippen molar-refractivity contribution in [3.63, 3.8) is 0 Å². The molecule has 1 atom stereocenters. The number of hydrogen-bond acceptors (Lipinski definition) is 3. The summed E-state index contributed by atoms with van der Waals surface area (Å²) in [5.74, 6) is 0.425. The maximum atomic E-state index is 12.2. The van der Waals surface area contributed by atoms with Crippen molar-refractivity contribution in [2.45, 2.75) is 18.4 Å². The molecule has 0 bridgehead atoms. The van der Waals surface area contributed by atoms with Gasteiger partial charge in [-0.3, -0.25) is 4.79 Å². The van der Waals surface area contributed by atoms with E-state index in [4.69, 9.17) is 4.74 Å². The normalized spacial score (nSPS) is 19.5. The Morgan fingerprint density at radius 2 is 2.09 bits per heavy atom. The van der Waals surface area contributed by atoms with Gasteiger partial charge in [0, 0.05) is 5.56 Å². The molecular formula is C18H19NO3. The predicted octanol–water partition coefficient (Wildman–Crippen LogP) is 2.26. The maximum absolute atomic E-state index is 12.2. The zero-order valence-electron chi connectivity index (χ0n) is 12.5. The highest BCUT2D eigenvalue weighted by Gasteiger charge is 2.36. The summed E-state index contributed by atoms with van der Waals surface area (Å²) in [7, 11) is 1.56. The van der Waals surface area contributed by atoms with E-state index in [1.807, 2.05) is 24.3 Å². The second kappa shape index (κ2) is 5.81. The Morgan fingerprint density at radius 3 is 2.91 bits per heavy atom. The average Bonchev–Trinajstić information content (AvgIpc) is 2.91. The number of hydrogen-bond donors (Lipinski definition) is 2. The Labute approximate surface area is 129 Å². The second-order valence-electron chi connectivity index (χ2n) is 5.60. The molecule has 0 aliphatic heterocycles. The quantitative estimate of drug-likeness (QED) is 0.910. The van der Waals surface area contributed by atoms with Crippen LogP contribution < -0.4 is 10.1 Å². The lowest BCUT2D eigenvalue weighted by Crippen LogP contribution is -2.39. The van der Waals surface area contributed by atoms with Gasteiger partial charge >= 0.3 is 0 Å². The largest absolute Gasteiger partial charge is 0.497 e. The third-order valence-electron chi connectivity index (χ3n) is 4.20. The van der Waals surface area contributed by atoms with Crippen molar-refractivity contribution < 1.29 is 14.6 Å². The van der Waals surface area contributed by atoms with E-state index in [0.717, 1.165) is 17.5 Å². The number of aliphatic hydroxyl groups is 1. The topological polar surface area (TPSA) is 58.6 Å². The first-order chi connectivity index (χ1) is 10.6. The monoisotopic (exact) mass is 297 g/mol. The van der Waals surface area contributed by atoms with Crippen LogP contribution in [-0.4, -0.2) is 24.7 Å². The minimum absolute atomic E-state index is 0.208. The first kappa shape index (κ1) is 14.6. The summed E-state index contributed by atoms with van der Waals surface area (Å²) in [6.07, 6.45) is 1.46. The average molecular weight is 297 g/mol. The van der Waals surface area contributed by atoms with E-state index in [9.17, 15) is 9.90 Å². The van der Waals surface area contributed by atoms with E-state index in [2.05, 4.69) is 5.32 Å². The maximum Gasteiger partial charge on any atom is 0.251 e. The predicted molar refractivity (Wildman–Crippen MR) is 84.0 cm³/mol. The molecule has 0 aromatic heterocycles. The minimum atomic E-state index is -0.981. The van der Waals surface area contributed by atoms with E-state index < -0.39 is 5.60 Å². The van der Waals surface area contributed by atoms with E-state index >= 15 is 0 Å². The van der Waals surface area contributed by atoms with E-state index in [1.54, 1.807) is 31.4 Å². The summed E-state index contributed by atoms with van der Waals surface area (Å²) in [5.41, 5.74) is 1.61. The van der Waals surface area contributed by atoms with Crippen LogP contribution in [0.5, 0.6) is 5.75 Å². The molecule has 0 fully saturated rings. The molecule has 114 valence electrons. The molecule has 22 heavy (non-hydrogen) atoms. The number of aryl methyl sites for hydroxylation is 1. The molecule has 4 heteroatoms. The molecule has 2 N–H and O–H groups in total. The molecule has 0 radical (unpaired) electrons. The minimum Gasteiger partial charge on any atom is -0.497 e. The molecule has 2 aromatic rings. The molecular weight excluding hydrogens is 278 g/mol. The number of methoxy groups -OCH3 is 1. The lowest BCUT2D eigenvalue weighted by atomic mass is 9.96.